The van der Waals surface area contributed by atoms with Gasteiger partial charge in [0.25, 0.3) is 0 Å². The summed E-state index contributed by atoms with van der Waals surface area (Å²) in [6.45, 7) is -0.475. The highest BCUT2D eigenvalue weighted by Gasteiger charge is 2.20. The first-order valence-corrected chi connectivity index (χ1v) is 7.87. The third-order valence-electron chi connectivity index (χ3n) is 2.88. The number of hydrogen-bond donors (Lipinski definition) is 4. The van der Waals surface area contributed by atoms with E-state index in [4.69, 9.17) is 19.9 Å². The van der Waals surface area contributed by atoms with E-state index in [0.717, 1.165) is 11.1 Å². The fraction of sp³-hybridized carbons (Fsp3) is 0.538. The van der Waals surface area contributed by atoms with Crippen molar-refractivity contribution in [2.45, 2.75) is 25.4 Å². The van der Waals surface area contributed by atoms with Gasteiger partial charge in [-0.15, -0.1) is 0 Å². The molecule has 1 atom stereocenters. The van der Waals surface area contributed by atoms with E-state index < -0.39 is 16.5 Å². The van der Waals surface area contributed by atoms with Gasteiger partial charge in [-0.05, 0) is 29.5 Å². The molecule has 0 aliphatic carbocycles. The van der Waals surface area contributed by atoms with Crippen molar-refractivity contribution in [2.75, 3.05) is 19.8 Å². The monoisotopic (exact) mass is 320 g/mol. The van der Waals surface area contributed by atoms with Crippen LogP contribution in [-0.2, 0) is 27.4 Å². The molecule has 0 amide bonds. The normalized spacial score (nSPS) is 13.3. The van der Waals surface area contributed by atoms with Crippen LogP contribution in [0.15, 0.2) is 18.2 Å². The summed E-state index contributed by atoms with van der Waals surface area (Å²) in [7, 11) is -4.65. The van der Waals surface area contributed by atoms with E-state index >= 15 is 0 Å². The van der Waals surface area contributed by atoms with Crippen LogP contribution in [0.25, 0.3) is 0 Å². The predicted molar refractivity (Wildman–Crippen MR) is 75.1 cm³/mol. The molecule has 0 radical (unpaired) electrons. The molecule has 1 rings (SSSR count). The standard InChI is InChI=1S/C13H20O7S/c14-4-1-10-7-11(2-5-15)9-12(8-10)13(3-6-16)20-21(17,18)19/h7-9,13-16H,1-6H2,(H,17,18,19). The predicted octanol–water partition coefficient (Wildman–Crippen LogP) is -0.000900. The third-order valence-corrected chi connectivity index (χ3v) is 3.35. The molecule has 0 aromatic heterocycles. The maximum absolute atomic E-state index is 10.9. The maximum Gasteiger partial charge on any atom is 0.397 e. The molecule has 0 saturated carbocycles. The highest BCUT2D eigenvalue weighted by molar-refractivity contribution is 7.80. The van der Waals surface area contributed by atoms with Gasteiger partial charge in [0.15, 0.2) is 0 Å². The summed E-state index contributed by atoms with van der Waals surface area (Å²) in [5.41, 5.74) is 1.96. The topological polar surface area (TPSA) is 124 Å². The Morgan fingerprint density at radius 2 is 1.48 bits per heavy atom. The summed E-state index contributed by atoms with van der Waals surface area (Å²) in [4.78, 5) is 0. The molecule has 1 aromatic carbocycles. The lowest BCUT2D eigenvalue weighted by Gasteiger charge is -2.17. The molecular weight excluding hydrogens is 300 g/mol. The van der Waals surface area contributed by atoms with Crippen molar-refractivity contribution in [3.8, 4) is 0 Å². The summed E-state index contributed by atoms with van der Waals surface area (Å²) >= 11 is 0. The van der Waals surface area contributed by atoms with E-state index in [1.807, 2.05) is 0 Å². The van der Waals surface area contributed by atoms with Crippen LogP contribution in [0.4, 0.5) is 0 Å². The second kappa shape index (κ2) is 8.42. The molecule has 0 spiro atoms. The Labute approximate surface area is 123 Å². The molecule has 120 valence electrons. The second-order valence-corrected chi connectivity index (χ2v) is 5.60. The third kappa shape index (κ3) is 6.51. The number of benzene rings is 1. The average Bonchev–Trinajstić information content (AvgIpc) is 2.37. The Hall–Kier alpha value is -1.03. The fourth-order valence-corrected chi connectivity index (χ4v) is 2.56. The van der Waals surface area contributed by atoms with Crippen LogP contribution in [0.1, 0.15) is 29.2 Å². The molecule has 1 unspecified atom stereocenters. The minimum Gasteiger partial charge on any atom is -0.396 e. The van der Waals surface area contributed by atoms with Crippen molar-refractivity contribution < 1.29 is 32.5 Å². The van der Waals surface area contributed by atoms with Crippen molar-refractivity contribution in [3.05, 3.63) is 34.9 Å². The SMILES string of the molecule is O=S(=O)(O)OC(CCO)c1cc(CCO)cc(CCO)c1. The number of hydrogen-bond acceptors (Lipinski definition) is 6. The van der Waals surface area contributed by atoms with Gasteiger partial charge in [-0.2, -0.15) is 8.42 Å². The Morgan fingerprint density at radius 1 is 0.952 bits per heavy atom. The molecule has 0 saturated heterocycles. The molecule has 21 heavy (non-hydrogen) atoms. The highest BCUT2D eigenvalue weighted by atomic mass is 32.3. The molecule has 0 aliphatic heterocycles. The molecule has 8 heteroatoms. The van der Waals surface area contributed by atoms with Gasteiger partial charge in [-0.25, -0.2) is 4.18 Å². The number of aliphatic hydroxyl groups is 3. The van der Waals surface area contributed by atoms with Crippen LogP contribution >= 0.6 is 0 Å². The van der Waals surface area contributed by atoms with E-state index in [2.05, 4.69) is 4.18 Å². The van der Waals surface area contributed by atoms with Gasteiger partial charge in [-0.3, -0.25) is 4.55 Å². The lowest BCUT2D eigenvalue weighted by atomic mass is 9.98. The number of rotatable bonds is 9. The zero-order valence-electron chi connectivity index (χ0n) is 11.5. The number of aliphatic hydroxyl groups excluding tert-OH is 3. The van der Waals surface area contributed by atoms with Crippen LogP contribution in [0.5, 0.6) is 0 Å². The summed E-state index contributed by atoms with van der Waals surface area (Å²) in [5.74, 6) is 0. The molecule has 4 N–H and O–H groups in total. The van der Waals surface area contributed by atoms with Gasteiger partial charge < -0.3 is 15.3 Å². The first-order valence-electron chi connectivity index (χ1n) is 6.50. The van der Waals surface area contributed by atoms with E-state index in [9.17, 15) is 8.42 Å². The first kappa shape index (κ1) is 18.0. The molecule has 0 aliphatic rings. The summed E-state index contributed by atoms with van der Waals surface area (Å²) < 4.78 is 35.1. The van der Waals surface area contributed by atoms with E-state index in [1.165, 1.54) is 0 Å². The summed E-state index contributed by atoms with van der Waals surface area (Å²) in [5, 5.41) is 27.0. The van der Waals surface area contributed by atoms with Crippen molar-refractivity contribution in [3.63, 3.8) is 0 Å². The first-order chi connectivity index (χ1) is 9.89. The molecule has 0 heterocycles. The minimum absolute atomic E-state index is 0.0130. The Kier molecular flexibility index (Phi) is 7.23. The fourth-order valence-electron chi connectivity index (χ4n) is 2.06. The Bertz CT molecular complexity index is 517. The van der Waals surface area contributed by atoms with Crippen molar-refractivity contribution in [1.29, 1.82) is 0 Å². The Balaban J connectivity index is 3.15. The van der Waals surface area contributed by atoms with Gasteiger partial charge in [0.2, 0.25) is 0 Å². The molecule has 7 nitrogen and oxygen atoms in total. The largest absolute Gasteiger partial charge is 0.397 e. The highest BCUT2D eigenvalue weighted by Crippen LogP contribution is 2.25. The van der Waals surface area contributed by atoms with E-state index in [1.54, 1.807) is 18.2 Å². The van der Waals surface area contributed by atoms with Crippen molar-refractivity contribution in [2.24, 2.45) is 0 Å². The minimum atomic E-state index is -4.65. The van der Waals surface area contributed by atoms with Gasteiger partial charge in [0.1, 0.15) is 6.10 Å². The van der Waals surface area contributed by atoms with Gasteiger partial charge in [-0.1, -0.05) is 18.2 Å². The lowest BCUT2D eigenvalue weighted by Crippen LogP contribution is -2.13. The smallest absolute Gasteiger partial charge is 0.396 e. The van der Waals surface area contributed by atoms with E-state index in [0.29, 0.717) is 18.4 Å². The quantitative estimate of drug-likeness (QED) is 0.472. The molecule has 0 fully saturated rings. The van der Waals surface area contributed by atoms with Crippen molar-refractivity contribution in [1.82, 2.24) is 0 Å². The summed E-state index contributed by atoms with van der Waals surface area (Å²) in [6.07, 6.45) is -0.310. The van der Waals surface area contributed by atoms with Crippen LogP contribution in [0, 0.1) is 0 Å². The van der Waals surface area contributed by atoms with Crippen LogP contribution in [0.3, 0.4) is 0 Å². The lowest BCUT2D eigenvalue weighted by molar-refractivity contribution is 0.144. The Morgan fingerprint density at radius 3 is 1.86 bits per heavy atom. The zero-order valence-corrected chi connectivity index (χ0v) is 12.3. The summed E-state index contributed by atoms with van der Waals surface area (Å²) in [6, 6.07) is 5.07. The van der Waals surface area contributed by atoms with E-state index in [-0.39, 0.29) is 26.2 Å². The maximum atomic E-state index is 10.9. The zero-order chi connectivity index (χ0) is 15.9. The van der Waals surface area contributed by atoms with Gasteiger partial charge >= 0.3 is 10.4 Å². The van der Waals surface area contributed by atoms with Gasteiger partial charge in [0.05, 0.1) is 0 Å². The second-order valence-electron chi connectivity index (χ2n) is 4.55. The molecular formula is C13H20O7S. The average molecular weight is 320 g/mol. The molecule has 1 aromatic rings. The molecule has 0 bridgehead atoms. The van der Waals surface area contributed by atoms with Crippen LogP contribution < -0.4 is 0 Å². The van der Waals surface area contributed by atoms with Crippen LogP contribution in [-0.4, -0.2) is 48.1 Å². The van der Waals surface area contributed by atoms with Crippen LogP contribution in [0.2, 0.25) is 0 Å². The van der Waals surface area contributed by atoms with Gasteiger partial charge in [0, 0.05) is 26.2 Å². The van der Waals surface area contributed by atoms with Crippen molar-refractivity contribution >= 4 is 10.4 Å².